The Labute approximate surface area is 100 Å². The van der Waals surface area contributed by atoms with Crippen LogP contribution in [0, 0.1) is 13.8 Å². The maximum atomic E-state index is 6.10. The molecule has 0 aliphatic heterocycles. The van der Waals surface area contributed by atoms with Crippen molar-refractivity contribution < 1.29 is 9.47 Å². The molecule has 1 heterocycles. The highest BCUT2D eigenvalue weighted by atomic mass is 16.5. The number of aromatic nitrogens is 1. The summed E-state index contributed by atoms with van der Waals surface area (Å²) in [6.45, 7) is 3.91. The zero-order valence-corrected chi connectivity index (χ0v) is 10.5. The highest BCUT2D eigenvalue weighted by Gasteiger charge is 2.11. The molecular weight excluding hydrogens is 216 g/mol. The molecule has 2 aromatic rings. The number of methoxy groups -OCH3 is 2. The Bertz CT molecular complexity index is 579. The molecule has 0 aliphatic rings. The number of nitrogens with two attached hydrogens (primary N) is 1. The fraction of sp³-hybridized carbons (Fsp3) is 0.308. The molecule has 0 saturated heterocycles. The molecule has 0 saturated carbocycles. The Hall–Kier alpha value is -1.97. The number of pyridine rings is 1. The number of benzene rings is 1. The van der Waals surface area contributed by atoms with Gasteiger partial charge in [-0.15, -0.1) is 0 Å². The van der Waals surface area contributed by atoms with Crippen LogP contribution in [0.3, 0.4) is 0 Å². The first-order chi connectivity index (χ1) is 8.08. The molecule has 0 spiro atoms. The zero-order chi connectivity index (χ0) is 12.6. The van der Waals surface area contributed by atoms with E-state index in [4.69, 9.17) is 15.2 Å². The number of aryl methyl sites for hydroxylation is 1. The quantitative estimate of drug-likeness (QED) is 0.864. The Morgan fingerprint density at radius 2 is 1.65 bits per heavy atom. The SMILES string of the molecule is COc1cc2nc(C)c(C)c(N)c2cc1OC. The van der Waals surface area contributed by atoms with Crippen LogP contribution in [0.1, 0.15) is 11.3 Å². The summed E-state index contributed by atoms with van der Waals surface area (Å²) >= 11 is 0. The summed E-state index contributed by atoms with van der Waals surface area (Å²) in [5.74, 6) is 1.33. The Morgan fingerprint density at radius 3 is 2.24 bits per heavy atom. The van der Waals surface area contributed by atoms with Gasteiger partial charge in [0.2, 0.25) is 0 Å². The molecule has 0 atom stereocenters. The minimum atomic E-state index is 0.662. The van der Waals surface area contributed by atoms with Crippen molar-refractivity contribution in [2.75, 3.05) is 20.0 Å². The summed E-state index contributed by atoms with van der Waals surface area (Å²) in [5, 5.41) is 0.894. The van der Waals surface area contributed by atoms with Crippen LogP contribution in [-0.4, -0.2) is 19.2 Å². The van der Waals surface area contributed by atoms with Gasteiger partial charge in [0.25, 0.3) is 0 Å². The highest BCUT2D eigenvalue weighted by molar-refractivity contribution is 5.94. The van der Waals surface area contributed by atoms with Crippen LogP contribution in [0.15, 0.2) is 12.1 Å². The fourth-order valence-electron chi connectivity index (χ4n) is 1.84. The number of nitrogens with zero attached hydrogens (tertiary/aromatic N) is 1. The van der Waals surface area contributed by atoms with E-state index in [1.165, 1.54) is 0 Å². The first kappa shape index (κ1) is 11.5. The van der Waals surface area contributed by atoms with Gasteiger partial charge in [0.05, 0.1) is 19.7 Å². The molecule has 0 amide bonds. The highest BCUT2D eigenvalue weighted by Crippen LogP contribution is 2.35. The summed E-state index contributed by atoms with van der Waals surface area (Å²) < 4.78 is 10.5. The molecule has 2 rings (SSSR count). The van der Waals surface area contributed by atoms with Gasteiger partial charge in [-0.3, -0.25) is 4.98 Å². The molecule has 4 heteroatoms. The van der Waals surface area contributed by atoms with Crippen molar-refractivity contribution in [1.29, 1.82) is 0 Å². The predicted octanol–water partition coefficient (Wildman–Crippen LogP) is 2.45. The standard InChI is InChI=1S/C13H16N2O2/c1-7-8(2)15-10-6-12(17-4)11(16-3)5-9(10)13(7)14/h5-6H,1-4H3,(H2,14,15). The molecule has 90 valence electrons. The lowest BCUT2D eigenvalue weighted by Crippen LogP contribution is -1.99. The van der Waals surface area contributed by atoms with Gasteiger partial charge in [-0.2, -0.15) is 0 Å². The maximum absolute atomic E-state index is 6.10. The second-order valence-electron chi connectivity index (χ2n) is 3.96. The molecule has 2 N–H and O–H groups in total. The van der Waals surface area contributed by atoms with Crippen LogP contribution in [0.4, 0.5) is 5.69 Å². The summed E-state index contributed by atoms with van der Waals surface area (Å²) in [6, 6.07) is 3.71. The maximum Gasteiger partial charge on any atom is 0.162 e. The summed E-state index contributed by atoms with van der Waals surface area (Å²) in [4.78, 5) is 4.50. The minimum absolute atomic E-state index is 0.662. The van der Waals surface area contributed by atoms with Gasteiger partial charge in [-0.05, 0) is 25.5 Å². The van der Waals surface area contributed by atoms with E-state index in [0.29, 0.717) is 11.5 Å². The number of nitrogen functional groups attached to an aromatic ring is 1. The van der Waals surface area contributed by atoms with Gasteiger partial charge in [-0.25, -0.2) is 0 Å². The van der Waals surface area contributed by atoms with E-state index >= 15 is 0 Å². The smallest absolute Gasteiger partial charge is 0.162 e. The zero-order valence-electron chi connectivity index (χ0n) is 10.5. The van der Waals surface area contributed by atoms with Crippen LogP contribution >= 0.6 is 0 Å². The van der Waals surface area contributed by atoms with Crippen molar-refractivity contribution in [2.24, 2.45) is 0 Å². The van der Waals surface area contributed by atoms with E-state index in [1.54, 1.807) is 14.2 Å². The first-order valence-electron chi connectivity index (χ1n) is 5.37. The summed E-state index contributed by atoms with van der Waals surface area (Å²) in [5.41, 5.74) is 9.60. The van der Waals surface area contributed by atoms with Crippen molar-refractivity contribution in [3.8, 4) is 11.5 Å². The molecular formula is C13H16N2O2. The molecule has 0 aliphatic carbocycles. The van der Waals surface area contributed by atoms with Crippen molar-refractivity contribution >= 4 is 16.6 Å². The average molecular weight is 232 g/mol. The average Bonchev–Trinajstić information content (AvgIpc) is 2.34. The van der Waals surface area contributed by atoms with Gasteiger partial charge in [-0.1, -0.05) is 0 Å². The number of ether oxygens (including phenoxy) is 2. The second kappa shape index (κ2) is 4.13. The molecule has 0 bridgehead atoms. The lowest BCUT2D eigenvalue weighted by atomic mass is 10.1. The van der Waals surface area contributed by atoms with Gasteiger partial charge in [0.15, 0.2) is 11.5 Å². The van der Waals surface area contributed by atoms with Gasteiger partial charge >= 0.3 is 0 Å². The van der Waals surface area contributed by atoms with E-state index in [0.717, 1.165) is 27.8 Å². The fourth-order valence-corrected chi connectivity index (χ4v) is 1.84. The molecule has 0 radical (unpaired) electrons. The number of rotatable bonds is 2. The van der Waals surface area contributed by atoms with Gasteiger partial charge < -0.3 is 15.2 Å². The third-order valence-corrected chi connectivity index (χ3v) is 3.03. The normalized spacial score (nSPS) is 10.6. The minimum Gasteiger partial charge on any atom is -0.493 e. The largest absolute Gasteiger partial charge is 0.493 e. The molecule has 17 heavy (non-hydrogen) atoms. The van der Waals surface area contributed by atoms with Gasteiger partial charge in [0.1, 0.15) is 0 Å². The monoisotopic (exact) mass is 232 g/mol. The third-order valence-electron chi connectivity index (χ3n) is 3.03. The first-order valence-corrected chi connectivity index (χ1v) is 5.37. The molecule has 1 aromatic heterocycles. The lowest BCUT2D eigenvalue weighted by molar-refractivity contribution is 0.356. The Morgan fingerprint density at radius 1 is 1.06 bits per heavy atom. The van der Waals surface area contributed by atoms with E-state index < -0.39 is 0 Å². The second-order valence-corrected chi connectivity index (χ2v) is 3.96. The van der Waals surface area contributed by atoms with Crippen LogP contribution in [0.2, 0.25) is 0 Å². The van der Waals surface area contributed by atoms with Crippen molar-refractivity contribution in [3.05, 3.63) is 23.4 Å². The number of hydrogen-bond acceptors (Lipinski definition) is 4. The van der Waals surface area contributed by atoms with Crippen LogP contribution in [-0.2, 0) is 0 Å². The number of anilines is 1. The van der Waals surface area contributed by atoms with Gasteiger partial charge in [0, 0.05) is 22.8 Å². The third kappa shape index (κ3) is 1.75. The van der Waals surface area contributed by atoms with Crippen molar-refractivity contribution in [1.82, 2.24) is 4.98 Å². The lowest BCUT2D eigenvalue weighted by Gasteiger charge is -2.12. The van der Waals surface area contributed by atoms with Crippen LogP contribution < -0.4 is 15.2 Å². The Balaban J connectivity index is 2.83. The molecule has 0 unspecified atom stereocenters. The van der Waals surface area contributed by atoms with E-state index in [-0.39, 0.29) is 0 Å². The number of hydrogen-bond donors (Lipinski definition) is 1. The molecule has 4 nitrogen and oxygen atoms in total. The van der Waals surface area contributed by atoms with Crippen LogP contribution in [0.5, 0.6) is 11.5 Å². The molecule has 1 aromatic carbocycles. The van der Waals surface area contributed by atoms with Crippen molar-refractivity contribution in [3.63, 3.8) is 0 Å². The summed E-state index contributed by atoms with van der Waals surface area (Å²) in [7, 11) is 3.21. The van der Waals surface area contributed by atoms with E-state index in [2.05, 4.69) is 4.98 Å². The molecule has 0 fully saturated rings. The predicted molar refractivity (Wildman–Crippen MR) is 68.7 cm³/mol. The Kier molecular flexibility index (Phi) is 2.79. The summed E-state index contributed by atoms with van der Waals surface area (Å²) in [6.07, 6.45) is 0. The topological polar surface area (TPSA) is 57.4 Å². The number of fused-ring (bicyclic) bond motifs is 1. The van der Waals surface area contributed by atoms with Crippen LogP contribution in [0.25, 0.3) is 10.9 Å². The van der Waals surface area contributed by atoms with Crippen molar-refractivity contribution in [2.45, 2.75) is 13.8 Å². The van der Waals surface area contributed by atoms with E-state index in [9.17, 15) is 0 Å². The van der Waals surface area contributed by atoms with E-state index in [1.807, 2.05) is 26.0 Å².